The highest BCUT2D eigenvalue weighted by atomic mass is 32.2. The summed E-state index contributed by atoms with van der Waals surface area (Å²) in [7, 11) is -3.07. The van der Waals surface area contributed by atoms with Crippen molar-refractivity contribution in [3.05, 3.63) is 65.0 Å². The zero-order chi connectivity index (χ0) is 19.2. The van der Waals surface area contributed by atoms with E-state index < -0.39 is 9.84 Å². The van der Waals surface area contributed by atoms with Crippen LogP contribution in [0.15, 0.2) is 47.5 Å². The van der Waals surface area contributed by atoms with Gasteiger partial charge in [-0.05, 0) is 54.8 Å². The van der Waals surface area contributed by atoms with Crippen molar-refractivity contribution in [3.63, 3.8) is 0 Å². The van der Waals surface area contributed by atoms with Gasteiger partial charge in [-0.3, -0.25) is 4.99 Å². The maximum Gasteiger partial charge on any atom is 0.164 e. The zero-order valence-electron chi connectivity index (χ0n) is 15.2. The molecule has 0 aliphatic carbocycles. The number of hydrogen-bond acceptors (Lipinski definition) is 5. The van der Waals surface area contributed by atoms with Crippen LogP contribution in [0, 0.1) is 19.7 Å². The Kier molecular flexibility index (Phi) is 4.76. The molecule has 0 bridgehead atoms. The van der Waals surface area contributed by atoms with Gasteiger partial charge >= 0.3 is 0 Å². The number of rotatable bonds is 3. The van der Waals surface area contributed by atoms with Gasteiger partial charge in [0.25, 0.3) is 0 Å². The number of hydrogen-bond donors (Lipinski definition) is 0. The molecule has 0 saturated carbocycles. The molecule has 0 aromatic heterocycles. The van der Waals surface area contributed by atoms with Crippen molar-refractivity contribution < 1.29 is 12.8 Å². The summed E-state index contributed by atoms with van der Waals surface area (Å²) in [5.74, 6) is 0.557. The molecule has 2 unspecified atom stereocenters. The summed E-state index contributed by atoms with van der Waals surface area (Å²) >= 11 is 1.53. The summed E-state index contributed by atoms with van der Waals surface area (Å²) in [4.78, 5) is 6.79. The quantitative estimate of drug-likeness (QED) is 0.782. The Morgan fingerprint density at radius 2 is 1.96 bits per heavy atom. The van der Waals surface area contributed by atoms with Crippen LogP contribution < -0.4 is 4.90 Å². The summed E-state index contributed by atoms with van der Waals surface area (Å²) in [5.41, 5.74) is 4.20. The topological polar surface area (TPSA) is 49.7 Å². The largest absolute Gasteiger partial charge is 0.315 e. The molecule has 0 N–H and O–H groups in total. The summed E-state index contributed by atoms with van der Waals surface area (Å²) < 4.78 is 37.7. The first-order valence-electron chi connectivity index (χ1n) is 8.84. The Balaban J connectivity index is 1.64. The van der Waals surface area contributed by atoms with Gasteiger partial charge in [0, 0.05) is 11.4 Å². The SMILES string of the molecule is Cc1ccc(N2C(SCc3cccc(F)c3)=NC3CS(=O)(=O)CC32)cc1C. The first-order valence-corrected chi connectivity index (χ1v) is 11.6. The van der Waals surface area contributed by atoms with E-state index in [0.717, 1.165) is 22.0 Å². The fourth-order valence-corrected chi connectivity index (χ4v) is 6.49. The van der Waals surface area contributed by atoms with Crippen LogP contribution in [0.5, 0.6) is 0 Å². The molecule has 2 aliphatic heterocycles. The molecule has 7 heteroatoms. The number of fused-ring (bicyclic) bond motifs is 1. The number of sulfone groups is 1. The molecule has 0 radical (unpaired) electrons. The molecule has 2 atom stereocenters. The number of aryl methyl sites for hydroxylation is 2. The number of amidine groups is 1. The van der Waals surface area contributed by atoms with E-state index in [1.54, 1.807) is 6.07 Å². The van der Waals surface area contributed by atoms with E-state index in [0.29, 0.717) is 5.75 Å². The third-order valence-corrected chi connectivity index (χ3v) is 7.87. The van der Waals surface area contributed by atoms with E-state index in [9.17, 15) is 12.8 Å². The van der Waals surface area contributed by atoms with Crippen LogP contribution >= 0.6 is 11.8 Å². The number of thioether (sulfide) groups is 1. The van der Waals surface area contributed by atoms with Crippen molar-refractivity contribution in [2.45, 2.75) is 31.7 Å². The van der Waals surface area contributed by atoms with Gasteiger partial charge in [-0.25, -0.2) is 12.8 Å². The van der Waals surface area contributed by atoms with Crippen molar-refractivity contribution in [3.8, 4) is 0 Å². The van der Waals surface area contributed by atoms with Gasteiger partial charge in [0.15, 0.2) is 15.0 Å². The lowest BCUT2D eigenvalue weighted by Gasteiger charge is -2.27. The number of aliphatic imine (C=N–C) groups is 1. The maximum absolute atomic E-state index is 13.4. The lowest BCUT2D eigenvalue weighted by Crippen LogP contribution is -2.39. The molecule has 0 amide bonds. The summed E-state index contributed by atoms with van der Waals surface area (Å²) in [6, 6.07) is 12.3. The van der Waals surface area contributed by atoms with Crippen molar-refractivity contribution in [2.75, 3.05) is 16.4 Å². The summed E-state index contributed by atoms with van der Waals surface area (Å²) in [5, 5.41) is 0.812. The van der Waals surface area contributed by atoms with Gasteiger partial charge < -0.3 is 4.90 Å². The fraction of sp³-hybridized carbons (Fsp3) is 0.350. The first kappa shape index (κ1) is 18.5. The molecule has 2 aromatic carbocycles. The smallest absolute Gasteiger partial charge is 0.164 e. The molecule has 2 aliphatic rings. The van der Waals surface area contributed by atoms with Crippen LogP contribution in [-0.2, 0) is 15.6 Å². The molecule has 2 heterocycles. The van der Waals surface area contributed by atoms with E-state index in [1.807, 2.05) is 12.1 Å². The summed E-state index contributed by atoms with van der Waals surface area (Å²) in [6.45, 7) is 4.11. The normalized spacial score (nSPS) is 23.4. The molecule has 27 heavy (non-hydrogen) atoms. The Hall–Kier alpha value is -1.86. The van der Waals surface area contributed by atoms with Gasteiger partial charge in [0.1, 0.15) is 5.82 Å². The van der Waals surface area contributed by atoms with Crippen LogP contribution in [0.4, 0.5) is 10.1 Å². The number of benzene rings is 2. The third kappa shape index (κ3) is 3.75. The van der Waals surface area contributed by atoms with Crippen LogP contribution in [0.2, 0.25) is 0 Å². The number of halogens is 1. The molecule has 1 saturated heterocycles. The number of nitrogens with zero attached hydrogens (tertiary/aromatic N) is 2. The van der Waals surface area contributed by atoms with Gasteiger partial charge in [-0.1, -0.05) is 30.0 Å². The molecule has 0 spiro atoms. The standard InChI is InChI=1S/C20H21FN2O2S2/c1-13-6-7-17(8-14(13)2)23-19-12-27(24,25)11-18(19)22-20(23)26-10-15-4-3-5-16(21)9-15/h3-9,18-19H,10-12H2,1-2H3. The van der Waals surface area contributed by atoms with Crippen LogP contribution in [-0.4, -0.2) is 37.2 Å². The van der Waals surface area contributed by atoms with E-state index in [-0.39, 0.29) is 29.4 Å². The molecule has 142 valence electrons. The fourth-order valence-electron chi connectivity index (χ4n) is 3.59. The second-order valence-corrected chi connectivity index (χ2v) is 10.3. The molecule has 2 aromatic rings. The van der Waals surface area contributed by atoms with Gasteiger partial charge in [0.05, 0.1) is 23.6 Å². The van der Waals surface area contributed by atoms with Crippen molar-refractivity contribution in [1.82, 2.24) is 0 Å². The predicted octanol–water partition coefficient (Wildman–Crippen LogP) is 3.72. The van der Waals surface area contributed by atoms with E-state index in [1.165, 1.54) is 29.5 Å². The molecule has 4 rings (SSSR count). The molecule has 4 nitrogen and oxygen atoms in total. The van der Waals surface area contributed by atoms with Crippen molar-refractivity contribution in [2.24, 2.45) is 4.99 Å². The Morgan fingerprint density at radius 3 is 2.70 bits per heavy atom. The maximum atomic E-state index is 13.4. The van der Waals surface area contributed by atoms with Crippen molar-refractivity contribution >= 4 is 32.5 Å². The predicted molar refractivity (Wildman–Crippen MR) is 110 cm³/mol. The number of anilines is 1. The average molecular weight is 405 g/mol. The lowest BCUT2D eigenvalue weighted by molar-refractivity contribution is 0.601. The molecular weight excluding hydrogens is 383 g/mol. The van der Waals surface area contributed by atoms with Gasteiger partial charge in [-0.2, -0.15) is 0 Å². The second kappa shape index (κ2) is 6.95. The highest BCUT2D eigenvalue weighted by Crippen LogP contribution is 2.36. The highest BCUT2D eigenvalue weighted by Gasteiger charge is 2.47. The van der Waals surface area contributed by atoms with E-state index in [4.69, 9.17) is 4.99 Å². The Labute approximate surface area is 163 Å². The van der Waals surface area contributed by atoms with Gasteiger partial charge in [0.2, 0.25) is 0 Å². The Bertz CT molecular complexity index is 1020. The van der Waals surface area contributed by atoms with Crippen LogP contribution in [0.25, 0.3) is 0 Å². The highest BCUT2D eigenvalue weighted by molar-refractivity contribution is 8.13. The minimum Gasteiger partial charge on any atom is -0.315 e. The minimum atomic E-state index is -3.07. The zero-order valence-corrected chi connectivity index (χ0v) is 16.9. The van der Waals surface area contributed by atoms with Gasteiger partial charge in [-0.15, -0.1) is 0 Å². The second-order valence-electron chi connectivity index (χ2n) is 7.18. The van der Waals surface area contributed by atoms with E-state index in [2.05, 4.69) is 30.9 Å². The monoisotopic (exact) mass is 404 g/mol. The van der Waals surface area contributed by atoms with Crippen LogP contribution in [0.1, 0.15) is 16.7 Å². The Morgan fingerprint density at radius 1 is 1.15 bits per heavy atom. The van der Waals surface area contributed by atoms with Crippen molar-refractivity contribution in [1.29, 1.82) is 0 Å². The third-order valence-electron chi connectivity index (χ3n) is 5.13. The average Bonchev–Trinajstić information content (AvgIpc) is 3.07. The van der Waals surface area contributed by atoms with E-state index >= 15 is 0 Å². The first-order chi connectivity index (χ1) is 12.8. The summed E-state index contributed by atoms with van der Waals surface area (Å²) in [6.07, 6.45) is 0. The van der Waals surface area contributed by atoms with Crippen LogP contribution in [0.3, 0.4) is 0 Å². The molecular formula is C20H21FN2O2S2. The minimum absolute atomic E-state index is 0.100. The lowest BCUT2D eigenvalue weighted by atomic mass is 10.1. The molecule has 1 fully saturated rings.